The summed E-state index contributed by atoms with van der Waals surface area (Å²) in [6, 6.07) is 0. The predicted octanol–water partition coefficient (Wildman–Crippen LogP) is 25.2. The number of unbranched alkanes of at least 4 members (excludes halogenated alkanes) is 54. The smallest absolute Gasteiger partial charge is 0.462 e. The molecule has 0 heterocycles. The van der Waals surface area contributed by atoms with Crippen LogP contribution in [0.25, 0.3) is 0 Å². The molecule has 0 aromatic rings. The fourth-order valence-electron chi connectivity index (χ4n) is 12.9. The number of rotatable bonds is 83. The summed E-state index contributed by atoms with van der Waals surface area (Å²) in [6.45, 7) is 7.33. The van der Waals surface area contributed by atoms with Crippen LogP contribution in [0.2, 0.25) is 0 Å². The Hall–Kier alpha value is -1.94. The highest BCUT2D eigenvalue weighted by Crippen LogP contribution is 2.45. The molecule has 6 atom stereocenters. The van der Waals surface area contributed by atoms with Crippen LogP contribution >= 0.6 is 15.6 Å². The quantitative estimate of drug-likeness (QED) is 0.0222. The van der Waals surface area contributed by atoms with Crippen molar-refractivity contribution in [2.75, 3.05) is 39.6 Å². The van der Waals surface area contributed by atoms with Gasteiger partial charge >= 0.3 is 39.5 Å². The molecule has 0 saturated carbocycles. The molecular formula is C83H162O17P2. The van der Waals surface area contributed by atoms with Gasteiger partial charge in [-0.15, -0.1) is 0 Å². The molecule has 102 heavy (non-hydrogen) atoms. The molecule has 0 aliphatic carbocycles. The lowest BCUT2D eigenvalue weighted by Crippen LogP contribution is -2.30. The first kappa shape index (κ1) is 100. The SMILES string of the molecule is CCCCCCCCCCCCCCCCCCCCCCCCC(=O)O[C@H](COC(=O)CCCCCCCCCCCCCCCCCCCC)COP(=O)(O)OC[C@@H](O)COP(=O)(O)OC[C@@H](COC(=O)CCCCCCCCCC)OC(=O)CCCCCCCCCCCCC(C)CC. The minimum absolute atomic E-state index is 0.107. The van der Waals surface area contributed by atoms with Crippen molar-refractivity contribution in [2.45, 2.75) is 464 Å². The van der Waals surface area contributed by atoms with E-state index in [-0.39, 0.29) is 25.7 Å². The molecule has 606 valence electrons. The number of aliphatic hydroxyl groups is 1. The molecule has 17 nitrogen and oxygen atoms in total. The summed E-state index contributed by atoms with van der Waals surface area (Å²) in [6.07, 6.45) is 68.2. The Kier molecular flexibility index (Phi) is 74.4. The van der Waals surface area contributed by atoms with E-state index in [1.165, 1.54) is 263 Å². The van der Waals surface area contributed by atoms with E-state index in [0.717, 1.165) is 102 Å². The third kappa shape index (κ3) is 74.9. The van der Waals surface area contributed by atoms with Crippen molar-refractivity contribution in [3.63, 3.8) is 0 Å². The van der Waals surface area contributed by atoms with Gasteiger partial charge in [-0.05, 0) is 31.6 Å². The minimum atomic E-state index is -4.96. The zero-order valence-corrected chi connectivity index (χ0v) is 68.5. The van der Waals surface area contributed by atoms with E-state index in [2.05, 4.69) is 34.6 Å². The molecule has 0 saturated heterocycles. The van der Waals surface area contributed by atoms with Crippen LogP contribution in [0.5, 0.6) is 0 Å². The molecule has 0 amide bonds. The number of phosphoric acid groups is 2. The summed E-state index contributed by atoms with van der Waals surface area (Å²) in [4.78, 5) is 73.0. The van der Waals surface area contributed by atoms with Gasteiger partial charge in [0.05, 0.1) is 26.4 Å². The van der Waals surface area contributed by atoms with Crippen LogP contribution in [-0.2, 0) is 65.4 Å². The first-order chi connectivity index (χ1) is 49.6. The van der Waals surface area contributed by atoms with Gasteiger partial charge in [0, 0.05) is 25.7 Å². The Labute approximate surface area is 626 Å². The minimum Gasteiger partial charge on any atom is -0.462 e. The average molecular weight is 1490 g/mol. The molecule has 0 aromatic carbocycles. The van der Waals surface area contributed by atoms with Crippen molar-refractivity contribution < 1.29 is 80.2 Å². The van der Waals surface area contributed by atoms with Crippen molar-refractivity contribution in [1.82, 2.24) is 0 Å². The van der Waals surface area contributed by atoms with Crippen molar-refractivity contribution in [3.8, 4) is 0 Å². The highest BCUT2D eigenvalue weighted by molar-refractivity contribution is 7.47. The number of carbonyl (C=O) groups excluding carboxylic acids is 4. The number of hydrogen-bond donors (Lipinski definition) is 3. The van der Waals surface area contributed by atoms with E-state index >= 15 is 0 Å². The Bertz CT molecular complexity index is 1950. The van der Waals surface area contributed by atoms with Crippen LogP contribution in [-0.4, -0.2) is 96.7 Å². The predicted molar refractivity (Wildman–Crippen MR) is 418 cm³/mol. The van der Waals surface area contributed by atoms with Gasteiger partial charge in [-0.25, -0.2) is 9.13 Å². The molecule has 0 radical (unpaired) electrons. The Balaban J connectivity index is 5.18. The number of esters is 4. The summed E-state index contributed by atoms with van der Waals surface area (Å²) in [5, 5.41) is 10.6. The molecule has 0 bridgehead atoms. The van der Waals surface area contributed by atoms with Crippen LogP contribution in [0, 0.1) is 5.92 Å². The standard InChI is InChI=1S/C83H162O17P2/c1-6-10-13-16-19-22-24-26-28-30-32-33-34-35-37-39-41-43-48-53-58-63-68-82(87)100-79(73-94-81(86)67-62-57-52-47-42-40-38-36-31-29-27-25-23-20-17-14-11-7-2)75-98-102(91,92)96-71-77(84)70-95-101(89,90)97-74-78(72-93-80(85)66-61-56-51-21-18-15-12-8-3)99-83(88)69-64-59-54-49-45-44-46-50-55-60-65-76(5)9-4/h76-79,84H,6-75H2,1-5H3,(H,89,90)(H,91,92)/t76?,77-,78+,79+/m0/s1. The summed E-state index contributed by atoms with van der Waals surface area (Å²) >= 11 is 0. The summed E-state index contributed by atoms with van der Waals surface area (Å²) in [5.74, 6) is -1.30. The number of ether oxygens (including phenoxy) is 4. The summed E-state index contributed by atoms with van der Waals surface area (Å²) in [7, 11) is -9.92. The second kappa shape index (κ2) is 75.9. The number of carbonyl (C=O) groups is 4. The summed E-state index contributed by atoms with van der Waals surface area (Å²) in [5.41, 5.74) is 0. The first-order valence-electron chi connectivity index (χ1n) is 43.2. The van der Waals surface area contributed by atoms with Gasteiger partial charge in [0.25, 0.3) is 0 Å². The molecule has 0 spiro atoms. The average Bonchev–Trinajstić information content (AvgIpc) is 0.914. The summed E-state index contributed by atoms with van der Waals surface area (Å²) < 4.78 is 68.7. The maximum absolute atomic E-state index is 13.1. The Morgan fingerprint density at radius 2 is 0.471 bits per heavy atom. The van der Waals surface area contributed by atoms with E-state index in [1.807, 2.05) is 0 Å². The number of aliphatic hydroxyl groups excluding tert-OH is 1. The van der Waals surface area contributed by atoms with Crippen molar-refractivity contribution in [2.24, 2.45) is 5.92 Å². The Morgan fingerprint density at radius 3 is 0.696 bits per heavy atom. The fraction of sp³-hybridized carbons (Fsp3) is 0.952. The molecule has 0 aromatic heterocycles. The molecule has 19 heteroatoms. The van der Waals surface area contributed by atoms with Crippen LogP contribution in [0.1, 0.15) is 446 Å². The topological polar surface area (TPSA) is 237 Å². The van der Waals surface area contributed by atoms with Crippen molar-refractivity contribution >= 4 is 39.5 Å². The van der Waals surface area contributed by atoms with E-state index in [9.17, 15) is 43.2 Å². The lowest BCUT2D eigenvalue weighted by atomic mass is 9.99. The second-order valence-electron chi connectivity index (χ2n) is 30.1. The molecular weight excluding hydrogens is 1330 g/mol. The molecule has 0 rings (SSSR count). The van der Waals surface area contributed by atoms with E-state index in [1.54, 1.807) is 0 Å². The normalized spacial score (nSPS) is 14.1. The van der Waals surface area contributed by atoms with Gasteiger partial charge in [-0.2, -0.15) is 0 Å². The van der Waals surface area contributed by atoms with Crippen molar-refractivity contribution in [1.29, 1.82) is 0 Å². The number of hydrogen-bond acceptors (Lipinski definition) is 15. The molecule has 0 aliphatic heterocycles. The van der Waals surface area contributed by atoms with E-state index in [4.69, 9.17) is 37.0 Å². The zero-order valence-electron chi connectivity index (χ0n) is 66.8. The van der Waals surface area contributed by atoms with Crippen LogP contribution < -0.4 is 0 Å². The monoisotopic (exact) mass is 1490 g/mol. The van der Waals surface area contributed by atoms with Gasteiger partial charge in [-0.1, -0.05) is 394 Å². The first-order valence-corrected chi connectivity index (χ1v) is 46.2. The molecule has 3 unspecified atom stereocenters. The largest absolute Gasteiger partial charge is 0.472 e. The van der Waals surface area contributed by atoms with Gasteiger partial charge in [-0.3, -0.25) is 37.3 Å². The van der Waals surface area contributed by atoms with Gasteiger partial charge in [0.1, 0.15) is 19.3 Å². The lowest BCUT2D eigenvalue weighted by Gasteiger charge is -2.21. The third-order valence-electron chi connectivity index (χ3n) is 19.9. The van der Waals surface area contributed by atoms with E-state index < -0.39 is 97.5 Å². The van der Waals surface area contributed by atoms with Gasteiger partial charge < -0.3 is 33.8 Å². The molecule has 0 aliphatic rings. The van der Waals surface area contributed by atoms with Crippen LogP contribution in [0.4, 0.5) is 0 Å². The lowest BCUT2D eigenvalue weighted by molar-refractivity contribution is -0.161. The number of phosphoric ester groups is 2. The van der Waals surface area contributed by atoms with Crippen molar-refractivity contribution in [3.05, 3.63) is 0 Å². The third-order valence-corrected chi connectivity index (χ3v) is 21.8. The second-order valence-corrected chi connectivity index (χ2v) is 33.0. The van der Waals surface area contributed by atoms with Gasteiger partial charge in [0.2, 0.25) is 0 Å². The maximum atomic E-state index is 13.1. The van der Waals surface area contributed by atoms with Crippen LogP contribution in [0.3, 0.4) is 0 Å². The van der Waals surface area contributed by atoms with Crippen LogP contribution in [0.15, 0.2) is 0 Å². The molecule has 3 N–H and O–H groups in total. The maximum Gasteiger partial charge on any atom is 0.472 e. The van der Waals surface area contributed by atoms with E-state index in [0.29, 0.717) is 25.7 Å². The highest BCUT2D eigenvalue weighted by Gasteiger charge is 2.30. The molecule has 0 fully saturated rings. The highest BCUT2D eigenvalue weighted by atomic mass is 31.2. The zero-order chi connectivity index (χ0) is 74.8. The van der Waals surface area contributed by atoms with Gasteiger partial charge in [0.15, 0.2) is 12.2 Å². The Morgan fingerprint density at radius 1 is 0.275 bits per heavy atom. The fourth-order valence-corrected chi connectivity index (χ4v) is 14.5.